The first-order valence-corrected chi connectivity index (χ1v) is 7.27. The van der Waals surface area contributed by atoms with E-state index in [9.17, 15) is 4.79 Å². The number of aryl methyl sites for hydroxylation is 2. The van der Waals surface area contributed by atoms with E-state index >= 15 is 0 Å². The number of hydrogen-bond donors (Lipinski definition) is 1. The second kappa shape index (κ2) is 6.27. The summed E-state index contributed by atoms with van der Waals surface area (Å²) in [5.74, 6) is 0.923. The summed E-state index contributed by atoms with van der Waals surface area (Å²) in [6.07, 6.45) is 0. The van der Waals surface area contributed by atoms with E-state index in [2.05, 4.69) is 20.0 Å². The number of piperazine rings is 1. The number of nitrogens with one attached hydrogen (secondary N) is 1. The second-order valence-corrected chi connectivity index (χ2v) is 5.83. The van der Waals surface area contributed by atoms with Crippen molar-refractivity contribution in [3.8, 4) is 5.75 Å². The fourth-order valence-corrected chi connectivity index (χ4v) is 2.52. The van der Waals surface area contributed by atoms with Crippen molar-refractivity contribution >= 4 is 5.91 Å². The topological polar surface area (TPSA) is 34.0 Å². The van der Waals surface area contributed by atoms with Crippen molar-refractivity contribution in [1.82, 2.24) is 4.90 Å². The Morgan fingerprint density at radius 1 is 1.25 bits per heavy atom. The Morgan fingerprint density at radius 3 is 2.55 bits per heavy atom. The molecule has 0 radical (unpaired) electrons. The Balaban J connectivity index is 1.93. The molecule has 1 fully saturated rings. The van der Waals surface area contributed by atoms with E-state index in [4.69, 9.17) is 4.74 Å². The van der Waals surface area contributed by atoms with Gasteiger partial charge in [0.2, 0.25) is 0 Å². The zero-order chi connectivity index (χ0) is 14.7. The van der Waals surface area contributed by atoms with Crippen LogP contribution in [0.3, 0.4) is 0 Å². The molecule has 1 aromatic rings. The number of hydrogen-bond acceptors (Lipinski definition) is 2. The molecule has 20 heavy (non-hydrogen) atoms. The molecule has 0 aromatic heterocycles. The first-order valence-electron chi connectivity index (χ1n) is 7.27. The molecule has 0 spiro atoms. The summed E-state index contributed by atoms with van der Waals surface area (Å²) in [6, 6.07) is 4.14. The molecule has 1 amide bonds. The number of quaternary nitrogens is 1. The summed E-state index contributed by atoms with van der Waals surface area (Å²) < 4.78 is 5.74. The van der Waals surface area contributed by atoms with Gasteiger partial charge in [0.15, 0.2) is 6.61 Å². The average Bonchev–Trinajstić information content (AvgIpc) is 2.41. The largest absolute Gasteiger partial charge is 0.483 e. The van der Waals surface area contributed by atoms with E-state index < -0.39 is 0 Å². The van der Waals surface area contributed by atoms with Crippen molar-refractivity contribution in [3.05, 3.63) is 28.8 Å². The maximum absolute atomic E-state index is 12.2. The fourth-order valence-electron chi connectivity index (χ4n) is 2.52. The van der Waals surface area contributed by atoms with Gasteiger partial charge in [0.25, 0.3) is 5.91 Å². The van der Waals surface area contributed by atoms with Crippen LogP contribution in [0, 0.1) is 20.8 Å². The van der Waals surface area contributed by atoms with E-state index in [1.165, 1.54) is 16.0 Å². The molecule has 110 valence electrons. The first kappa shape index (κ1) is 14.9. The van der Waals surface area contributed by atoms with E-state index in [0.717, 1.165) is 37.5 Å². The normalized spacial score (nSPS) is 16.3. The van der Waals surface area contributed by atoms with Crippen LogP contribution in [0.5, 0.6) is 5.75 Å². The molecular formula is C16H25N2O2+. The molecule has 0 saturated carbocycles. The van der Waals surface area contributed by atoms with Gasteiger partial charge in [-0.3, -0.25) is 4.79 Å². The maximum atomic E-state index is 12.2. The van der Waals surface area contributed by atoms with Crippen molar-refractivity contribution in [3.63, 3.8) is 0 Å². The third-order valence-corrected chi connectivity index (χ3v) is 4.08. The molecule has 1 aliphatic heterocycles. The molecule has 0 atom stereocenters. The SMILES string of the molecule is Cc1cc(C)c(C)c(OCC(=O)N2CC[NH+](C)CC2)c1. The third kappa shape index (κ3) is 3.51. The standard InChI is InChI=1S/C16H24N2O2/c1-12-9-13(2)14(3)15(10-12)20-11-16(19)18-7-5-17(4)6-8-18/h9-10H,5-8,11H2,1-4H3/p+1. The van der Waals surface area contributed by atoms with Crippen LogP contribution in [0.1, 0.15) is 16.7 Å². The number of ether oxygens (including phenoxy) is 1. The molecule has 4 heteroatoms. The second-order valence-electron chi connectivity index (χ2n) is 5.83. The van der Waals surface area contributed by atoms with Crippen LogP contribution in [0.4, 0.5) is 0 Å². The molecule has 0 bridgehead atoms. The van der Waals surface area contributed by atoms with Gasteiger partial charge in [-0.1, -0.05) is 6.07 Å². The molecule has 1 aromatic carbocycles. The number of likely N-dealkylation sites (N-methyl/N-ethyl adjacent to an activating group) is 1. The first-order chi connectivity index (χ1) is 9.47. The molecule has 1 heterocycles. The smallest absolute Gasteiger partial charge is 0.260 e. The Bertz CT molecular complexity index is 491. The van der Waals surface area contributed by atoms with Crippen LogP contribution in [0.25, 0.3) is 0 Å². The van der Waals surface area contributed by atoms with Gasteiger partial charge in [0.05, 0.1) is 33.2 Å². The summed E-state index contributed by atoms with van der Waals surface area (Å²) in [7, 11) is 2.16. The van der Waals surface area contributed by atoms with Gasteiger partial charge >= 0.3 is 0 Å². The highest BCUT2D eigenvalue weighted by atomic mass is 16.5. The maximum Gasteiger partial charge on any atom is 0.260 e. The van der Waals surface area contributed by atoms with E-state index in [-0.39, 0.29) is 12.5 Å². The van der Waals surface area contributed by atoms with Crippen LogP contribution in [0.15, 0.2) is 12.1 Å². The van der Waals surface area contributed by atoms with Crippen molar-refractivity contribution in [1.29, 1.82) is 0 Å². The monoisotopic (exact) mass is 277 g/mol. The highest BCUT2D eigenvalue weighted by Crippen LogP contribution is 2.23. The van der Waals surface area contributed by atoms with Crippen LogP contribution in [-0.4, -0.2) is 50.6 Å². The highest BCUT2D eigenvalue weighted by molar-refractivity contribution is 5.77. The quantitative estimate of drug-likeness (QED) is 0.865. The fraction of sp³-hybridized carbons (Fsp3) is 0.562. The van der Waals surface area contributed by atoms with Crippen LogP contribution in [-0.2, 0) is 4.79 Å². The van der Waals surface area contributed by atoms with Gasteiger partial charge < -0.3 is 14.5 Å². The number of carbonyl (C=O) groups is 1. The minimum Gasteiger partial charge on any atom is -0.483 e. The minimum absolute atomic E-state index is 0.0936. The summed E-state index contributed by atoms with van der Waals surface area (Å²) in [4.78, 5) is 15.5. The van der Waals surface area contributed by atoms with Gasteiger partial charge in [0, 0.05) is 0 Å². The predicted molar refractivity (Wildman–Crippen MR) is 79.3 cm³/mol. The lowest BCUT2D eigenvalue weighted by atomic mass is 10.1. The van der Waals surface area contributed by atoms with E-state index in [1.807, 2.05) is 24.8 Å². The van der Waals surface area contributed by atoms with Gasteiger partial charge in [-0.2, -0.15) is 0 Å². The van der Waals surface area contributed by atoms with Crippen molar-refractivity contribution in [2.24, 2.45) is 0 Å². The number of amides is 1. The molecule has 1 N–H and O–H groups in total. The Morgan fingerprint density at radius 2 is 1.90 bits per heavy atom. The lowest BCUT2D eigenvalue weighted by Gasteiger charge is -2.30. The number of rotatable bonds is 3. The molecule has 0 aliphatic carbocycles. The van der Waals surface area contributed by atoms with Crippen LogP contribution in [0.2, 0.25) is 0 Å². The summed E-state index contributed by atoms with van der Waals surface area (Å²) in [5, 5.41) is 0. The zero-order valence-electron chi connectivity index (χ0n) is 13.0. The lowest BCUT2D eigenvalue weighted by molar-refractivity contribution is -0.883. The lowest BCUT2D eigenvalue weighted by Crippen LogP contribution is -3.12. The summed E-state index contributed by atoms with van der Waals surface area (Å²) >= 11 is 0. The molecule has 0 unspecified atom stereocenters. The van der Waals surface area contributed by atoms with Gasteiger partial charge in [-0.25, -0.2) is 0 Å². The predicted octanol–water partition coefficient (Wildman–Crippen LogP) is 0.348. The van der Waals surface area contributed by atoms with E-state index in [1.54, 1.807) is 0 Å². The molecule has 2 rings (SSSR count). The molecule has 4 nitrogen and oxygen atoms in total. The number of carbonyl (C=O) groups excluding carboxylic acids is 1. The summed E-state index contributed by atoms with van der Waals surface area (Å²) in [6.45, 7) is 10.0. The van der Waals surface area contributed by atoms with E-state index in [0.29, 0.717) is 0 Å². The molecule has 1 saturated heterocycles. The summed E-state index contributed by atoms with van der Waals surface area (Å²) in [5.41, 5.74) is 3.49. The van der Waals surface area contributed by atoms with Crippen molar-refractivity contribution in [2.45, 2.75) is 20.8 Å². The number of nitrogens with zero attached hydrogens (tertiary/aromatic N) is 1. The average molecular weight is 277 g/mol. The Hall–Kier alpha value is -1.55. The molecular weight excluding hydrogens is 252 g/mol. The third-order valence-electron chi connectivity index (χ3n) is 4.08. The molecule has 1 aliphatic rings. The zero-order valence-corrected chi connectivity index (χ0v) is 13.0. The highest BCUT2D eigenvalue weighted by Gasteiger charge is 2.21. The van der Waals surface area contributed by atoms with Crippen molar-refractivity contribution < 1.29 is 14.4 Å². The van der Waals surface area contributed by atoms with Gasteiger partial charge in [-0.15, -0.1) is 0 Å². The van der Waals surface area contributed by atoms with Gasteiger partial charge in [0.1, 0.15) is 5.75 Å². The minimum atomic E-state index is 0.0936. The van der Waals surface area contributed by atoms with Gasteiger partial charge in [-0.05, 0) is 43.5 Å². The Labute approximate surface area is 121 Å². The van der Waals surface area contributed by atoms with Crippen LogP contribution >= 0.6 is 0 Å². The van der Waals surface area contributed by atoms with Crippen LogP contribution < -0.4 is 9.64 Å². The Kier molecular flexibility index (Phi) is 4.65. The van der Waals surface area contributed by atoms with Crippen molar-refractivity contribution in [2.75, 3.05) is 39.8 Å². The number of benzene rings is 1.